The van der Waals surface area contributed by atoms with E-state index in [1.807, 2.05) is 13.0 Å². The van der Waals surface area contributed by atoms with Crippen LogP contribution >= 0.6 is 15.9 Å². The van der Waals surface area contributed by atoms with Gasteiger partial charge < -0.3 is 4.74 Å². The lowest BCUT2D eigenvalue weighted by Gasteiger charge is -2.06. The van der Waals surface area contributed by atoms with Gasteiger partial charge in [-0.1, -0.05) is 18.2 Å². The van der Waals surface area contributed by atoms with E-state index in [0.717, 1.165) is 15.8 Å². The Bertz CT molecular complexity index is 808. The number of nitro groups is 1. The summed E-state index contributed by atoms with van der Waals surface area (Å²) in [5, 5.41) is 14.8. The number of ether oxygens (including phenoxy) is 1. The lowest BCUT2D eigenvalue weighted by atomic mass is 10.1. The average Bonchev–Trinajstić information content (AvgIpc) is 2.57. The second-order valence-corrected chi connectivity index (χ2v) is 5.83. The molecule has 0 aliphatic rings. The smallest absolute Gasteiger partial charge is 0.273 e. The molecule has 0 saturated carbocycles. The van der Waals surface area contributed by atoms with E-state index in [4.69, 9.17) is 4.74 Å². The van der Waals surface area contributed by atoms with Crippen molar-refractivity contribution in [1.29, 1.82) is 0 Å². The molecule has 0 aromatic heterocycles. The molecule has 1 amide bonds. The molecule has 0 spiro atoms. The number of amides is 1. The lowest BCUT2D eigenvalue weighted by Crippen LogP contribution is -2.20. The number of nitrogens with zero attached hydrogens (tertiary/aromatic N) is 2. The highest BCUT2D eigenvalue weighted by atomic mass is 79.9. The van der Waals surface area contributed by atoms with Crippen LogP contribution in [0.15, 0.2) is 52.0 Å². The maximum absolute atomic E-state index is 11.9. The molecule has 1 N–H and O–H groups in total. The molecule has 8 heteroatoms. The lowest BCUT2D eigenvalue weighted by molar-refractivity contribution is -0.385. The fraction of sp³-hybridized carbons (Fsp3) is 0.176. The third-order valence-corrected chi connectivity index (χ3v) is 3.82. The summed E-state index contributed by atoms with van der Waals surface area (Å²) in [7, 11) is 0. The van der Waals surface area contributed by atoms with Crippen LogP contribution < -0.4 is 10.2 Å². The largest absolute Gasteiger partial charge is 0.493 e. The van der Waals surface area contributed by atoms with Crippen LogP contribution in [0.1, 0.15) is 18.1 Å². The van der Waals surface area contributed by atoms with Gasteiger partial charge in [0, 0.05) is 11.6 Å². The van der Waals surface area contributed by atoms with Crippen molar-refractivity contribution in [3.05, 3.63) is 68.2 Å². The van der Waals surface area contributed by atoms with Gasteiger partial charge in [-0.2, -0.15) is 5.10 Å². The Balaban J connectivity index is 1.97. The molecule has 7 nitrogen and oxygen atoms in total. The van der Waals surface area contributed by atoms with Crippen LogP contribution in [0.2, 0.25) is 0 Å². The summed E-state index contributed by atoms with van der Waals surface area (Å²) in [6.07, 6.45) is 1.36. The molecule has 0 radical (unpaired) electrons. The van der Waals surface area contributed by atoms with E-state index in [-0.39, 0.29) is 12.1 Å². The normalized spacial score (nSPS) is 10.6. The minimum Gasteiger partial charge on any atom is -0.493 e. The van der Waals surface area contributed by atoms with Gasteiger partial charge in [0.1, 0.15) is 5.75 Å². The summed E-state index contributed by atoms with van der Waals surface area (Å²) >= 11 is 3.40. The highest BCUT2D eigenvalue weighted by Crippen LogP contribution is 2.25. The number of rotatable bonds is 7. The van der Waals surface area contributed by atoms with Crippen LogP contribution in [-0.2, 0) is 11.2 Å². The van der Waals surface area contributed by atoms with Crippen LogP contribution in [0.4, 0.5) is 5.69 Å². The number of carbonyl (C=O) groups is 1. The summed E-state index contributed by atoms with van der Waals surface area (Å²) in [5.41, 5.74) is 3.38. The van der Waals surface area contributed by atoms with Crippen molar-refractivity contribution in [2.24, 2.45) is 5.10 Å². The average molecular weight is 406 g/mol. The Morgan fingerprint density at radius 3 is 2.80 bits per heavy atom. The van der Waals surface area contributed by atoms with Gasteiger partial charge in [-0.3, -0.25) is 14.9 Å². The van der Waals surface area contributed by atoms with Crippen molar-refractivity contribution in [2.75, 3.05) is 6.61 Å². The van der Waals surface area contributed by atoms with E-state index in [1.165, 1.54) is 12.3 Å². The maximum Gasteiger partial charge on any atom is 0.273 e. The molecule has 0 saturated heterocycles. The third-order valence-electron chi connectivity index (χ3n) is 3.20. The number of para-hydroxylation sites is 1. The standard InChI is InChI=1S/C17H16BrN3O4/c1-2-25-16-8-7-12(9-14(16)18)11-19-20-17(22)10-13-5-3-4-6-15(13)21(23)24/h3-9,11H,2,10H2,1H3,(H,20,22)/b19-11+. The Morgan fingerprint density at radius 2 is 2.12 bits per heavy atom. The van der Waals surface area contributed by atoms with E-state index >= 15 is 0 Å². The number of carbonyl (C=O) groups excluding carboxylic acids is 1. The molecular formula is C17H16BrN3O4. The molecule has 2 rings (SSSR count). The van der Waals surface area contributed by atoms with E-state index in [0.29, 0.717) is 12.2 Å². The van der Waals surface area contributed by atoms with Gasteiger partial charge >= 0.3 is 0 Å². The molecule has 130 valence electrons. The molecule has 2 aromatic rings. The fourth-order valence-corrected chi connectivity index (χ4v) is 2.61. The molecule has 0 unspecified atom stereocenters. The van der Waals surface area contributed by atoms with Gasteiger partial charge in [-0.25, -0.2) is 5.43 Å². The fourth-order valence-electron chi connectivity index (χ4n) is 2.10. The van der Waals surface area contributed by atoms with Crippen LogP contribution in [-0.4, -0.2) is 23.7 Å². The summed E-state index contributed by atoms with van der Waals surface area (Å²) < 4.78 is 6.20. The molecule has 0 bridgehead atoms. The van der Waals surface area contributed by atoms with Gasteiger partial charge in [-0.15, -0.1) is 0 Å². The highest BCUT2D eigenvalue weighted by Gasteiger charge is 2.14. The minimum absolute atomic E-state index is 0.0860. The number of nitro benzene ring substituents is 1. The van der Waals surface area contributed by atoms with Gasteiger partial charge in [-0.05, 0) is 46.6 Å². The zero-order valence-electron chi connectivity index (χ0n) is 13.4. The predicted molar refractivity (Wildman–Crippen MR) is 97.8 cm³/mol. The van der Waals surface area contributed by atoms with Crippen LogP contribution in [0, 0.1) is 10.1 Å². The Labute approximate surface area is 153 Å². The highest BCUT2D eigenvalue weighted by molar-refractivity contribution is 9.10. The first kappa shape index (κ1) is 18.6. The quantitative estimate of drug-likeness (QED) is 0.433. The molecule has 0 fully saturated rings. The third kappa shape index (κ3) is 5.39. The van der Waals surface area contributed by atoms with Gasteiger partial charge in [0.05, 0.1) is 28.6 Å². The molecule has 0 aliphatic carbocycles. The van der Waals surface area contributed by atoms with Crippen molar-refractivity contribution in [2.45, 2.75) is 13.3 Å². The van der Waals surface area contributed by atoms with E-state index in [1.54, 1.807) is 30.3 Å². The summed E-state index contributed by atoms with van der Waals surface area (Å²) in [5.74, 6) is 0.288. The first-order valence-electron chi connectivity index (χ1n) is 7.47. The SMILES string of the molecule is CCOc1ccc(/C=N/NC(=O)Cc2ccccc2[N+](=O)[O-])cc1Br. The first-order valence-corrected chi connectivity index (χ1v) is 8.27. The van der Waals surface area contributed by atoms with Crippen LogP contribution in [0.3, 0.4) is 0 Å². The number of hydrazone groups is 1. The van der Waals surface area contributed by atoms with Gasteiger partial charge in [0.15, 0.2) is 0 Å². The summed E-state index contributed by atoms with van der Waals surface area (Å²) in [4.78, 5) is 22.3. The van der Waals surface area contributed by atoms with Gasteiger partial charge in [0.2, 0.25) is 5.91 Å². The van der Waals surface area contributed by atoms with Crippen LogP contribution in [0.25, 0.3) is 0 Å². The molecule has 0 heterocycles. The second kappa shape index (κ2) is 8.93. The van der Waals surface area contributed by atoms with Crippen molar-refractivity contribution in [1.82, 2.24) is 5.43 Å². The predicted octanol–water partition coefficient (Wildman–Crippen LogP) is 3.45. The topological polar surface area (TPSA) is 93.8 Å². The number of halogens is 1. The van der Waals surface area contributed by atoms with Crippen molar-refractivity contribution in [3.8, 4) is 5.75 Å². The number of nitrogens with one attached hydrogen (secondary N) is 1. The minimum atomic E-state index is -0.511. The number of benzene rings is 2. The molecule has 2 aromatic carbocycles. The summed E-state index contributed by atoms with van der Waals surface area (Å²) in [6.45, 7) is 2.46. The summed E-state index contributed by atoms with van der Waals surface area (Å²) in [6, 6.07) is 11.5. The Hall–Kier alpha value is -2.74. The molecule has 25 heavy (non-hydrogen) atoms. The van der Waals surface area contributed by atoms with E-state index in [2.05, 4.69) is 26.5 Å². The zero-order valence-corrected chi connectivity index (χ0v) is 15.0. The molecule has 0 aliphatic heterocycles. The first-order chi connectivity index (χ1) is 12.0. The second-order valence-electron chi connectivity index (χ2n) is 4.98. The zero-order chi connectivity index (χ0) is 18.2. The molecular weight excluding hydrogens is 390 g/mol. The van der Waals surface area contributed by atoms with Crippen LogP contribution in [0.5, 0.6) is 5.75 Å². The van der Waals surface area contributed by atoms with E-state index in [9.17, 15) is 14.9 Å². The number of hydrogen-bond acceptors (Lipinski definition) is 5. The van der Waals surface area contributed by atoms with Crippen molar-refractivity contribution < 1.29 is 14.5 Å². The Morgan fingerprint density at radius 1 is 1.36 bits per heavy atom. The maximum atomic E-state index is 11.9. The Kier molecular flexibility index (Phi) is 6.64. The van der Waals surface area contributed by atoms with Crippen molar-refractivity contribution in [3.63, 3.8) is 0 Å². The number of hydrogen-bond donors (Lipinski definition) is 1. The molecule has 0 atom stereocenters. The van der Waals surface area contributed by atoms with E-state index < -0.39 is 10.8 Å². The van der Waals surface area contributed by atoms with Crippen molar-refractivity contribution >= 4 is 33.7 Å². The monoisotopic (exact) mass is 405 g/mol. The van der Waals surface area contributed by atoms with Gasteiger partial charge in [0.25, 0.3) is 5.69 Å².